The van der Waals surface area contributed by atoms with E-state index in [1.165, 1.54) is 0 Å². The molecule has 1 fully saturated rings. The van der Waals surface area contributed by atoms with Gasteiger partial charge in [-0.15, -0.1) is 0 Å². The van der Waals surface area contributed by atoms with Crippen LogP contribution in [0.25, 0.3) is 0 Å². The van der Waals surface area contributed by atoms with Gasteiger partial charge in [0.05, 0.1) is 18.8 Å². The van der Waals surface area contributed by atoms with Crippen LogP contribution >= 0.6 is 0 Å². The number of hydrogen-bond donors (Lipinski definition) is 2. The van der Waals surface area contributed by atoms with Crippen molar-refractivity contribution >= 4 is 5.91 Å². The summed E-state index contributed by atoms with van der Waals surface area (Å²) in [7, 11) is 0. The molecule has 1 atom stereocenters. The lowest BCUT2D eigenvalue weighted by molar-refractivity contribution is -0.123. The van der Waals surface area contributed by atoms with E-state index < -0.39 is 5.54 Å². The van der Waals surface area contributed by atoms with E-state index in [2.05, 4.69) is 5.32 Å². The summed E-state index contributed by atoms with van der Waals surface area (Å²) in [5.41, 5.74) is 0.585. The lowest BCUT2D eigenvalue weighted by Gasteiger charge is -2.26. The Balaban J connectivity index is 1.82. The fraction of sp³-hybridized carbons (Fsp3) is 0.500. The van der Waals surface area contributed by atoms with Gasteiger partial charge in [-0.3, -0.25) is 4.79 Å². The quantitative estimate of drug-likeness (QED) is 0.814. The highest BCUT2D eigenvalue weighted by molar-refractivity contribution is 5.77. The van der Waals surface area contributed by atoms with Gasteiger partial charge in [0.25, 0.3) is 0 Å². The normalized spacial score (nSPS) is 22.9. The van der Waals surface area contributed by atoms with Crippen molar-refractivity contribution < 1.29 is 14.6 Å². The number of benzene rings is 1. The van der Waals surface area contributed by atoms with Crippen LogP contribution in [0.5, 0.6) is 0 Å². The van der Waals surface area contributed by atoms with Crippen LogP contribution < -0.4 is 5.32 Å². The number of rotatable bonds is 5. The third-order valence-electron chi connectivity index (χ3n) is 3.29. The van der Waals surface area contributed by atoms with Crippen LogP contribution in [0.2, 0.25) is 0 Å². The molecule has 1 unspecified atom stereocenters. The molecule has 1 aromatic rings. The largest absolute Gasteiger partial charge is 0.394 e. The summed E-state index contributed by atoms with van der Waals surface area (Å²) < 4.78 is 5.24. The molecule has 18 heavy (non-hydrogen) atoms. The van der Waals surface area contributed by atoms with Crippen molar-refractivity contribution in [3.05, 3.63) is 35.9 Å². The second-order valence-electron chi connectivity index (χ2n) is 4.77. The molecular weight excluding hydrogens is 230 g/mol. The topological polar surface area (TPSA) is 58.6 Å². The first kappa shape index (κ1) is 13.1. The van der Waals surface area contributed by atoms with Crippen molar-refractivity contribution in [1.29, 1.82) is 0 Å². The van der Waals surface area contributed by atoms with Gasteiger partial charge in [0, 0.05) is 13.0 Å². The minimum Gasteiger partial charge on any atom is -0.394 e. The number of hydrogen-bond acceptors (Lipinski definition) is 3. The van der Waals surface area contributed by atoms with Gasteiger partial charge in [-0.25, -0.2) is 0 Å². The standard InChI is InChI=1S/C14H19NO3/c16-10-14(8-9-18-11-14)15-13(17)7-6-12-4-2-1-3-5-12/h1-5,16H,6-11H2,(H,15,17). The average molecular weight is 249 g/mol. The predicted octanol–water partition coefficient (Wildman–Crippen LogP) is 0.887. The summed E-state index contributed by atoms with van der Waals surface area (Å²) in [6.07, 6.45) is 1.83. The van der Waals surface area contributed by atoms with Crippen LogP contribution in [0.1, 0.15) is 18.4 Å². The Morgan fingerprint density at radius 3 is 2.78 bits per heavy atom. The Morgan fingerprint density at radius 2 is 2.17 bits per heavy atom. The molecular formula is C14H19NO3. The van der Waals surface area contributed by atoms with E-state index in [9.17, 15) is 9.90 Å². The molecule has 0 saturated carbocycles. The van der Waals surface area contributed by atoms with Gasteiger partial charge in [-0.2, -0.15) is 0 Å². The van der Waals surface area contributed by atoms with Crippen LogP contribution in [0, 0.1) is 0 Å². The molecule has 2 rings (SSSR count). The van der Waals surface area contributed by atoms with Crippen molar-refractivity contribution in [3.8, 4) is 0 Å². The monoisotopic (exact) mass is 249 g/mol. The van der Waals surface area contributed by atoms with E-state index in [-0.39, 0.29) is 12.5 Å². The van der Waals surface area contributed by atoms with E-state index in [0.717, 1.165) is 12.0 Å². The molecule has 1 saturated heterocycles. The Hall–Kier alpha value is -1.39. The van der Waals surface area contributed by atoms with Crippen LogP contribution in [-0.4, -0.2) is 36.4 Å². The van der Waals surface area contributed by atoms with Crippen LogP contribution in [-0.2, 0) is 16.0 Å². The SMILES string of the molecule is O=C(CCc1ccccc1)NC1(CO)CCOC1. The van der Waals surface area contributed by atoms with E-state index in [1.54, 1.807) is 0 Å². The second kappa shape index (κ2) is 5.98. The number of aryl methyl sites for hydroxylation is 1. The van der Waals surface area contributed by atoms with E-state index >= 15 is 0 Å². The highest BCUT2D eigenvalue weighted by atomic mass is 16.5. The Bertz CT molecular complexity index is 385. The van der Waals surface area contributed by atoms with Gasteiger partial charge >= 0.3 is 0 Å². The van der Waals surface area contributed by atoms with Crippen LogP contribution in [0.15, 0.2) is 30.3 Å². The third-order valence-corrected chi connectivity index (χ3v) is 3.29. The van der Waals surface area contributed by atoms with Gasteiger partial charge in [-0.1, -0.05) is 30.3 Å². The molecule has 1 aromatic carbocycles. The Labute approximate surface area is 107 Å². The van der Waals surface area contributed by atoms with E-state index in [4.69, 9.17) is 4.74 Å². The third kappa shape index (κ3) is 3.31. The number of ether oxygens (including phenoxy) is 1. The highest BCUT2D eigenvalue weighted by Gasteiger charge is 2.35. The molecule has 0 aliphatic carbocycles. The Morgan fingerprint density at radius 1 is 1.39 bits per heavy atom. The lowest BCUT2D eigenvalue weighted by Crippen LogP contribution is -2.52. The summed E-state index contributed by atoms with van der Waals surface area (Å²) in [4.78, 5) is 11.9. The first-order valence-corrected chi connectivity index (χ1v) is 6.28. The maximum Gasteiger partial charge on any atom is 0.220 e. The highest BCUT2D eigenvalue weighted by Crippen LogP contribution is 2.18. The first-order valence-electron chi connectivity index (χ1n) is 6.28. The summed E-state index contributed by atoms with van der Waals surface area (Å²) in [5, 5.41) is 12.3. The molecule has 2 N–H and O–H groups in total. The van der Waals surface area contributed by atoms with E-state index in [1.807, 2.05) is 30.3 Å². The molecule has 1 aliphatic heterocycles. The zero-order valence-corrected chi connectivity index (χ0v) is 10.4. The summed E-state index contributed by atoms with van der Waals surface area (Å²) in [5.74, 6) is -0.0293. The number of carbonyl (C=O) groups is 1. The molecule has 0 spiro atoms. The predicted molar refractivity (Wildman–Crippen MR) is 68.2 cm³/mol. The fourth-order valence-electron chi connectivity index (χ4n) is 2.13. The summed E-state index contributed by atoms with van der Waals surface area (Å²) in [6, 6.07) is 9.91. The molecule has 0 bridgehead atoms. The minimum atomic E-state index is -0.562. The van der Waals surface area contributed by atoms with Crippen molar-refractivity contribution in [2.75, 3.05) is 19.8 Å². The molecule has 4 nitrogen and oxygen atoms in total. The smallest absolute Gasteiger partial charge is 0.220 e. The number of aliphatic hydroxyl groups is 1. The number of carbonyl (C=O) groups excluding carboxylic acids is 1. The van der Waals surface area contributed by atoms with Gasteiger partial charge in [0.2, 0.25) is 5.91 Å². The van der Waals surface area contributed by atoms with Gasteiger partial charge in [0.1, 0.15) is 0 Å². The molecule has 4 heteroatoms. The van der Waals surface area contributed by atoms with Crippen LogP contribution in [0.4, 0.5) is 0 Å². The molecule has 98 valence electrons. The van der Waals surface area contributed by atoms with Crippen molar-refractivity contribution in [3.63, 3.8) is 0 Å². The fourth-order valence-corrected chi connectivity index (χ4v) is 2.13. The van der Waals surface area contributed by atoms with Crippen molar-refractivity contribution in [2.45, 2.75) is 24.8 Å². The maximum absolute atomic E-state index is 11.9. The number of aliphatic hydroxyl groups excluding tert-OH is 1. The summed E-state index contributed by atoms with van der Waals surface area (Å²) >= 11 is 0. The molecule has 1 heterocycles. The molecule has 0 aromatic heterocycles. The molecule has 0 radical (unpaired) electrons. The minimum absolute atomic E-state index is 0.0293. The molecule has 1 amide bonds. The second-order valence-corrected chi connectivity index (χ2v) is 4.77. The average Bonchev–Trinajstić information content (AvgIpc) is 2.87. The van der Waals surface area contributed by atoms with E-state index in [0.29, 0.717) is 26.1 Å². The summed E-state index contributed by atoms with van der Waals surface area (Å²) in [6.45, 7) is 0.935. The number of amides is 1. The molecule has 1 aliphatic rings. The zero-order valence-electron chi connectivity index (χ0n) is 10.4. The lowest BCUT2D eigenvalue weighted by atomic mass is 9.99. The van der Waals surface area contributed by atoms with Gasteiger partial charge in [0.15, 0.2) is 0 Å². The van der Waals surface area contributed by atoms with Crippen LogP contribution in [0.3, 0.4) is 0 Å². The Kier molecular flexibility index (Phi) is 4.33. The first-order chi connectivity index (χ1) is 8.74. The van der Waals surface area contributed by atoms with Crippen molar-refractivity contribution in [2.24, 2.45) is 0 Å². The van der Waals surface area contributed by atoms with Gasteiger partial charge < -0.3 is 15.2 Å². The maximum atomic E-state index is 11.9. The number of nitrogens with one attached hydrogen (secondary N) is 1. The van der Waals surface area contributed by atoms with Gasteiger partial charge in [-0.05, 0) is 18.4 Å². The van der Waals surface area contributed by atoms with Crippen molar-refractivity contribution in [1.82, 2.24) is 5.32 Å². The zero-order chi connectivity index (χ0) is 12.8.